The Morgan fingerprint density at radius 1 is 1.44 bits per heavy atom. The third-order valence-corrected chi connectivity index (χ3v) is 4.63. The quantitative estimate of drug-likeness (QED) is 0.359. The van der Waals surface area contributed by atoms with Crippen LogP contribution >= 0.6 is 0 Å². The van der Waals surface area contributed by atoms with Crippen molar-refractivity contribution in [3.05, 3.63) is 24.8 Å². The Balaban J connectivity index is 2.23. The molecule has 144 valence electrons. The predicted molar refractivity (Wildman–Crippen MR) is 101 cm³/mol. The molecular formula is C21H36O4. The predicted octanol–water partition coefficient (Wildman–Crippen LogP) is 4.42. The van der Waals surface area contributed by atoms with Gasteiger partial charge in [0.1, 0.15) is 0 Å². The van der Waals surface area contributed by atoms with Gasteiger partial charge in [-0.25, -0.2) is 0 Å². The molecule has 1 aliphatic heterocycles. The molecule has 1 rings (SSSR count). The van der Waals surface area contributed by atoms with Crippen LogP contribution in [0.3, 0.4) is 0 Å². The monoisotopic (exact) mass is 352 g/mol. The first-order valence-electron chi connectivity index (χ1n) is 9.44. The van der Waals surface area contributed by atoms with Crippen LogP contribution in [-0.4, -0.2) is 36.0 Å². The van der Waals surface area contributed by atoms with E-state index in [-0.39, 0.29) is 24.3 Å². The number of carbonyl (C=O) groups excluding carboxylic acids is 1. The largest absolute Gasteiger partial charge is 0.465 e. The summed E-state index contributed by atoms with van der Waals surface area (Å²) in [5.41, 5.74) is 0.660. The SMILES string of the molecule is C=C[C@@H](C)C[C@@H](O)CCC1O[C@@H](CCCOC(=O)C(C)(C)C)CC1=C. The number of allylic oxidation sites excluding steroid dienone is 1. The molecule has 1 unspecified atom stereocenters. The Bertz CT molecular complexity index is 449. The molecule has 0 radical (unpaired) electrons. The van der Waals surface area contributed by atoms with Crippen LogP contribution in [0.15, 0.2) is 24.8 Å². The van der Waals surface area contributed by atoms with Crippen LogP contribution in [0.1, 0.15) is 66.2 Å². The lowest BCUT2D eigenvalue weighted by Gasteiger charge is -2.18. The molecule has 0 aromatic carbocycles. The number of aliphatic hydroxyl groups is 1. The Kier molecular flexibility index (Phi) is 8.87. The lowest BCUT2D eigenvalue weighted by molar-refractivity contribution is -0.153. The summed E-state index contributed by atoms with van der Waals surface area (Å²) in [5, 5.41) is 10.1. The minimum Gasteiger partial charge on any atom is -0.465 e. The van der Waals surface area contributed by atoms with Crippen molar-refractivity contribution < 1.29 is 19.4 Å². The van der Waals surface area contributed by atoms with Crippen molar-refractivity contribution >= 4 is 5.97 Å². The maximum Gasteiger partial charge on any atom is 0.311 e. The van der Waals surface area contributed by atoms with Crippen molar-refractivity contribution in [3.8, 4) is 0 Å². The first-order valence-corrected chi connectivity index (χ1v) is 9.44. The molecule has 4 nitrogen and oxygen atoms in total. The fraction of sp³-hybridized carbons (Fsp3) is 0.762. The van der Waals surface area contributed by atoms with Gasteiger partial charge in [-0.1, -0.05) is 19.6 Å². The summed E-state index contributed by atoms with van der Waals surface area (Å²) in [6.45, 7) is 15.9. The van der Waals surface area contributed by atoms with E-state index < -0.39 is 5.41 Å². The van der Waals surface area contributed by atoms with Gasteiger partial charge in [-0.15, -0.1) is 6.58 Å². The molecule has 0 saturated carbocycles. The van der Waals surface area contributed by atoms with Crippen molar-refractivity contribution in [2.75, 3.05) is 6.61 Å². The van der Waals surface area contributed by atoms with Crippen molar-refractivity contribution in [2.24, 2.45) is 11.3 Å². The van der Waals surface area contributed by atoms with E-state index >= 15 is 0 Å². The summed E-state index contributed by atoms with van der Waals surface area (Å²) in [4.78, 5) is 11.7. The number of esters is 1. The van der Waals surface area contributed by atoms with Crippen molar-refractivity contribution in [1.29, 1.82) is 0 Å². The first-order chi connectivity index (χ1) is 11.6. The molecule has 25 heavy (non-hydrogen) atoms. The molecule has 0 aromatic rings. The van der Waals surface area contributed by atoms with Gasteiger partial charge in [0.25, 0.3) is 0 Å². The molecule has 1 aliphatic rings. The maximum atomic E-state index is 11.7. The summed E-state index contributed by atoms with van der Waals surface area (Å²) in [7, 11) is 0. The minimum absolute atomic E-state index is 0.0378. The highest BCUT2D eigenvalue weighted by Crippen LogP contribution is 2.30. The lowest BCUT2D eigenvalue weighted by Crippen LogP contribution is -2.23. The van der Waals surface area contributed by atoms with E-state index in [2.05, 4.69) is 20.1 Å². The van der Waals surface area contributed by atoms with Gasteiger partial charge in [-0.3, -0.25) is 4.79 Å². The van der Waals surface area contributed by atoms with Crippen LogP contribution in [-0.2, 0) is 14.3 Å². The first kappa shape index (κ1) is 21.9. The van der Waals surface area contributed by atoms with Gasteiger partial charge in [-0.2, -0.15) is 0 Å². The highest BCUT2D eigenvalue weighted by molar-refractivity contribution is 5.75. The average Bonchev–Trinajstić information content (AvgIpc) is 2.88. The Hall–Kier alpha value is -1.13. The molecule has 4 heteroatoms. The second-order valence-electron chi connectivity index (χ2n) is 8.32. The van der Waals surface area contributed by atoms with E-state index in [1.54, 1.807) is 0 Å². The average molecular weight is 353 g/mol. The van der Waals surface area contributed by atoms with Crippen LogP contribution < -0.4 is 0 Å². The topological polar surface area (TPSA) is 55.8 Å². The van der Waals surface area contributed by atoms with Crippen molar-refractivity contribution in [1.82, 2.24) is 0 Å². The Morgan fingerprint density at radius 2 is 2.12 bits per heavy atom. The smallest absolute Gasteiger partial charge is 0.311 e. The van der Waals surface area contributed by atoms with Gasteiger partial charge >= 0.3 is 5.97 Å². The summed E-state index contributed by atoms with van der Waals surface area (Å²) in [6.07, 6.45) is 6.52. The van der Waals surface area contributed by atoms with Crippen LogP contribution in [0.4, 0.5) is 0 Å². The molecule has 0 bridgehead atoms. The molecule has 1 N–H and O–H groups in total. The van der Waals surface area contributed by atoms with Crippen LogP contribution in [0.2, 0.25) is 0 Å². The number of rotatable bonds is 10. The number of hydrogen-bond donors (Lipinski definition) is 1. The molecule has 1 heterocycles. The minimum atomic E-state index is -0.451. The fourth-order valence-corrected chi connectivity index (χ4v) is 2.92. The molecule has 0 aliphatic carbocycles. The molecular weight excluding hydrogens is 316 g/mol. The van der Waals surface area contributed by atoms with Crippen LogP contribution in [0.25, 0.3) is 0 Å². The molecule has 0 spiro atoms. The van der Waals surface area contributed by atoms with Crippen LogP contribution in [0, 0.1) is 11.3 Å². The van der Waals surface area contributed by atoms with E-state index in [0.29, 0.717) is 12.5 Å². The van der Waals surface area contributed by atoms with E-state index in [9.17, 15) is 9.90 Å². The van der Waals surface area contributed by atoms with Gasteiger partial charge in [0.15, 0.2) is 0 Å². The molecule has 1 fully saturated rings. The van der Waals surface area contributed by atoms with E-state index in [1.165, 1.54) is 0 Å². The third-order valence-electron chi connectivity index (χ3n) is 4.63. The van der Waals surface area contributed by atoms with Gasteiger partial charge in [-0.05, 0) is 70.8 Å². The van der Waals surface area contributed by atoms with Crippen molar-refractivity contribution in [3.63, 3.8) is 0 Å². The van der Waals surface area contributed by atoms with Crippen molar-refractivity contribution in [2.45, 2.75) is 84.5 Å². The number of hydrogen-bond acceptors (Lipinski definition) is 4. The fourth-order valence-electron chi connectivity index (χ4n) is 2.92. The second-order valence-corrected chi connectivity index (χ2v) is 8.32. The van der Waals surface area contributed by atoms with Gasteiger partial charge in [0.05, 0.1) is 30.3 Å². The highest BCUT2D eigenvalue weighted by Gasteiger charge is 2.29. The number of carbonyl (C=O) groups is 1. The van der Waals surface area contributed by atoms with Gasteiger partial charge in [0.2, 0.25) is 0 Å². The summed E-state index contributed by atoms with van der Waals surface area (Å²) < 4.78 is 11.3. The van der Waals surface area contributed by atoms with Gasteiger partial charge in [0, 0.05) is 0 Å². The highest BCUT2D eigenvalue weighted by atomic mass is 16.5. The molecule has 1 saturated heterocycles. The summed E-state index contributed by atoms with van der Waals surface area (Å²) in [6, 6.07) is 0. The zero-order chi connectivity index (χ0) is 19.0. The lowest BCUT2D eigenvalue weighted by atomic mass is 9.97. The Labute approximate surface area is 153 Å². The Morgan fingerprint density at radius 3 is 2.72 bits per heavy atom. The normalized spacial score (nSPS) is 23.3. The number of ether oxygens (including phenoxy) is 2. The standard InChI is InChI=1S/C21H36O4/c1-7-15(2)13-17(22)10-11-19-16(3)14-18(25-19)9-8-12-24-20(23)21(4,5)6/h7,15,17-19,22H,1,3,8-14H2,2,4-6H3/t15-,17+,18+,19?/m1/s1. The zero-order valence-corrected chi connectivity index (χ0v) is 16.4. The number of aliphatic hydroxyl groups excluding tert-OH is 1. The maximum absolute atomic E-state index is 11.7. The third kappa shape index (κ3) is 8.19. The molecule has 4 atom stereocenters. The summed E-state index contributed by atoms with van der Waals surface area (Å²) in [5.74, 6) is 0.163. The molecule has 0 aromatic heterocycles. The van der Waals surface area contributed by atoms with Gasteiger partial charge < -0.3 is 14.6 Å². The van der Waals surface area contributed by atoms with E-state index in [0.717, 1.165) is 44.1 Å². The second kappa shape index (κ2) is 10.1. The zero-order valence-electron chi connectivity index (χ0n) is 16.4. The van der Waals surface area contributed by atoms with E-state index in [1.807, 2.05) is 26.8 Å². The van der Waals surface area contributed by atoms with E-state index in [4.69, 9.17) is 9.47 Å². The molecule has 0 amide bonds. The van der Waals surface area contributed by atoms with Crippen LogP contribution in [0.5, 0.6) is 0 Å². The summed E-state index contributed by atoms with van der Waals surface area (Å²) >= 11 is 0.